The molecule has 0 saturated carbocycles. The largest absolute Gasteiger partial charge is 0.346 e. The zero-order valence-corrected chi connectivity index (χ0v) is 8.23. The second kappa shape index (κ2) is 4.20. The Bertz CT molecular complexity index is 220. The first kappa shape index (κ1) is 9.95. The first-order chi connectivity index (χ1) is 5.67. The van der Waals surface area contributed by atoms with Gasteiger partial charge in [-0.05, 0) is 0 Å². The molecule has 5 heteroatoms. The van der Waals surface area contributed by atoms with Gasteiger partial charge in [0.05, 0.1) is 18.3 Å². The van der Waals surface area contributed by atoms with Crippen molar-refractivity contribution in [2.75, 3.05) is 19.6 Å². The Hall–Kier alpha value is -0.130. The van der Waals surface area contributed by atoms with Crippen LogP contribution < -0.4 is 10.0 Å². The second-order valence-electron chi connectivity index (χ2n) is 3.11. The lowest BCUT2D eigenvalue weighted by atomic mass is 10.2. The topological polar surface area (TPSA) is 62.8 Å². The molecule has 1 heterocycles. The van der Waals surface area contributed by atoms with Gasteiger partial charge in [0.15, 0.2) is 0 Å². The zero-order chi connectivity index (χ0) is 9.03. The van der Waals surface area contributed by atoms with E-state index in [0.717, 1.165) is 25.9 Å². The lowest BCUT2D eigenvalue weighted by Crippen LogP contribution is -2.87. The SMILES string of the molecule is CCNS(=O)(=O)C1CC[NH2+]CC1. The van der Waals surface area contributed by atoms with Crippen LogP contribution in [0.1, 0.15) is 19.8 Å². The Morgan fingerprint density at radius 1 is 1.42 bits per heavy atom. The second-order valence-corrected chi connectivity index (χ2v) is 5.15. The Morgan fingerprint density at radius 3 is 2.50 bits per heavy atom. The highest BCUT2D eigenvalue weighted by atomic mass is 32.2. The molecule has 0 aromatic rings. The molecular formula is C7H17N2O2S+. The molecule has 0 aromatic heterocycles. The Balaban J connectivity index is 2.54. The molecule has 0 spiro atoms. The molecule has 0 unspecified atom stereocenters. The summed E-state index contributed by atoms with van der Waals surface area (Å²) in [4.78, 5) is 0. The summed E-state index contributed by atoms with van der Waals surface area (Å²) in [7, 11) is -3.00. The Labute approximate surface area is 73.8 Å². The minimum atomic E-state index is -3.00. The average molecular weight is 193 g/mol. The number of hydrogen-bond donors (Lipinski definition) is 2. The van der Waals surface area contributed by atoms with E-state index in [-0.39, 0.29) is 5.25 Å². The minimum absolute atomic E-state index is 0.151. The minimum Gasteiger partial charge on any atom is -0.346 e. The summed E-state index contributed by atoms with van der Waals surface area (Å²) in [5.41, 5.74) is 0. The fourth-order valence-electron chi connectivity index (χ4n) is 1.53. The van der Waals surface area contributed by atoms with E-state index in [9.17, 15) is 8.42 Å². The number of sulfonamides is 1. The van der Waals surface area contributed by atoms with Crippen molar-refractivity contribution in [3.05, 3.63) is 0 Å². The molecule has 0 aliphatic carbocycles. The summed E-state index contributed by atoms with van der Waals surface area (Å²) in [5, 5.41) is 2.01. The van der Waals surface area contributed by atoms with Crippen LogP contribution in [0.4, 0.5) is 0 Å². The smallest absolute Gasteiger partial charge is 0.214 e. The van der Waals surface area contributed by atoms with Crippen LogP contribution in [0.3, 0.4) is 0 Å². The lowest BCUT2D eigenvalue weighted by molar-refractivity contribution is -0.661. The lowest BCUT2D eigenvalue weighted by Gasteiger charge is -2.20. The van der Waals surface area contributed by atoms with Gasteiger partial charge in [-0.3, -0.25) is 0 Å². The molecule has 0 atom stereocenters. The molecule has 3 N–H and O–H groups in total. The van der Waals surface area contributed by atoms with Gasteiger partial charge in [0.25, 0.3) is 0 Å². The predicted molar refractivity (Wildman–Crippen MR) is 47.3 cm³/mol. The van der Waals surface area contributed by atoms with E-state index >= 15 is 0 Å². The molecule has 4 nitrogen and oxygen atoms in total. The van der Waals surface area contributed by atoms with Gasteiger partial charge in [0.2, 0.25) is 10.0 Å². The van der Waals surface area contributed by atoms with Gasteiger partial charge in [-0.2, -0.15) is 0 Å². The number of rotatable bonds is 3. The molecule has 1 aliphatic rings. The normalized spacial score (nSPS) is 21.1. The maximum atomic E-state index is 11.5. The molecule has 0 aromatic carbocycles. The van der Waals surface area contributed by atoms with Crippen molar-refractivity contribution in [2.45, 2.75) is 25.0 Å². The highest BCUT2D eigenvalue weighted by molar-refractivity contribution is 7.90. The molecule has 0 radical (unpaired) electrons. The van der Waals surface area contributed by atoms with Crippen LogP contribution in [0.15, 0.2) is 0 Å². The van der Waals surface area contributed by atoms with Crippen LogP contribution in [-0.2, 0) is 10.0 Å². The van der Waals surface area contributed by atoms with Crippen molar-refractivity contribution in [1.82, 2.24) is 4.72 Å². The molecule has 12 heavy (non-hydrogen) atoms. The van der Waals surface area contributed by atoms with Crippen molar-refractivity contribution >= 4 is 10.0 Å². The standard InChI is InChI=1S/C7H16N2O2S/c1-2-9-12(10,11)7-3-5-8-6-4-7/h7-9H,2-6H2,1H3/p+1. The summed E-state index contributed by atoms with van der Waals surface area (Å²) in [5.74, 6) is 0. The third kappa shape index (κ3) is 2.43. The molecule has 0 amide bonds. The fraction of sp³-hybridized carbons (Fsp3) is 1.00. The molecule has 1 aliphatic heterocycles. The van der Waals surface area contributed by atoms with Gasteiger partial charge in [-0.25, -0.2) is 13.1 Å². The number of nitrogens with one attached hydrogen (secondary N) is 1. The summed E-state index contributed by atoms with van der Waals surface area (Å²) >= 11 is 0. The van der Waals surface area contributed by atoms with Crippen LogP contribution in [0.25, 0.3) is 0 Å². The van der Waals surface area contributed by atoms with Gasteiger partial charge in [0.1, 0.15) is 0 Å². The van der Waals surface area contributed by atoms with Crippen molar-refractivity contribution < 1.29 is 13.7 Å². The number of nitrogens with two attached hydrogens (primary N) is 1. The highest BCUT2D eigenvalue weighted by Crippen LogP contribution is 2.08. The number of hydrogen-bond acceptors (Lipinski definition) is 2. The van der Waals surface area contributed by atoms with Crippen LogP contribution >= 0.6 is 0 Å². The van der Waals surface area contributed by atoms with Gasteiger partial charge < -0.3 is 5.32 Å². The van der Waals surface area contributed by atoms with E-state index < -0.39 is 10.0 Å². The monoisotopic (exact) mass is 193 g/mol. The van der Waals surface area contributed by atoms with Crippen molar-refractivity contribution in [1.29, 1.82) is 0 Å². The maximum Gasteiger partial charge on any atom is 0.214 e. The third-order valence-electron chi connectivity index (χ3n) is 2.17. The van der Waals surface area contributed by atoms with Gasteiger partial charge in [-0.15, -0.1) is 0 Å². The van der Waals surface area contributed by atoms with Gasteiger partial charge in [0, 0.05) is 19.4 Å². The van der Waals surface area contributed by atoms with E-state index in [2.05, 4.69) is 10.0 Å². The first-order valence-electron chi connectivity index (χ1n) is 4.47. The number of quaternary nitrogens is 1. The molecular weight excluding hydrogens is 176 g/mol. The Morgan fingerprint density at radius 2 is 2.00 bits per heavy atom. The molecule has 0 bridgehead atoms. The maximum absolute atomic E-state index is 11.5. The molecule has 1 rings (SSSR count). The fourth-order valence-corrected chi connectivity index (χ4v) is 3.06. The summed E-state index contributed by atoms with van der Waals surface area (Å²) in [6, 6.07) is 0. The molecule has 1 fully saturated rings. The highest BCUT2D eigenvalue weighted by Gasteiger charge is 2.27. The molecule has 72 valence electrons. The quantitative estimate of drug-likeness (QED) is 0.582. The van der Waals surface area contributed by atoms with E-state index in [4.69, 9.17) is 0 Å². The van der Waals surface area contributed by atoms with Crippen LogP contribution in [0.5, 0.6) is 0 Å². The predicted octanol–water partition coefficient (Wildman–Crippen LogP) is -1.35. The third-order valence-corrected chi connectivity index (χ3v) is 4.21. The van der Waals surface area contributed by atoms with E-state index in [1.807, 2.05) is 6.92 Å². The van der Waals surface area contributed by atoms with Crippen molar-refractivity contribution in [3.8, 4) is 0 Å². The Kier molecular flexibility index (Phi) is 3.49. The zero-order valence-electron chi connectivity index (χ0n) is 7.41. The van der Waals surface area contributed by atoms with Crippen LogP contribution in [0.2, 0.25) is 0 Å². The van der Waals surface area contributed by atoms with Crippen LogP contribution in [-0.4, -0.2) is 33.3 Å². The summed E-state index contributed by atoms with van der Waals surface area (Å²) < 4.78 is 25.5. The van der Waals surface area contributed by atoms with Crippen molar-refractivity contribution in [2.24, 2.45) is 0 Å². The number of piperidine rings is 1. The van der Waals surface area contributed by atoms with E-state index in [1.165, 1.54) is 0 Å². The summed E-state index contributed by atoms with van der Waals surface area (Å²) in [6.07, 6.45) is 1.57. The summed E-state index contributed by atoms with van der Waals surface area (Å²) in [6.45, 7) is 4.19. The first-order valence-corrected chi connectivity index (χ1v) is 6.01. The average Bonchev–Trinajstić information content (AvgIpc) is 2.06. The molecule has 1 saturated heterocycles. The van der Waals surface area contributed by atoms with Crippen molar-refractivity contribution in [3.63, 3.8) is 0 Å². The van der Waals surface area contributed by atoms with Gasteiger partial charge in [-0.1, -0.05) is 6.92 Å². The van der Waals surface area contributed by atoms with E-state index in [1.54, 1.807) is 0 Å². The van der Waals surface area contributed by atoms with E-state index in [0.29, 0.717) is 6.54 Å². The van der Waals surface area contributed by atoms with Gasteiger partial charge >= 0.3 is 0 Å². The van der Waals surface area contributed by atoms with Crippen LogP contribution in [0, 0.1) is 0 Å².